The van der Waals surface area contributed by atoms with Crippen molar-refractivity contribution in [3.05, 3.63) is 34.6 Å². The van der Waals surface area contributed by atoms with Gasteiger partial charge in [-0.25, -0.2) is 14.2 Å². The SMILES string of the molecule is CC(O)(C/C=C1\C[C@]12CCC(=O)[C@@H]2CCSc1nc(C(=O)O)cs1)CCC(F)=C(F)F. The molecule has 2 aliphatic rings. The number of nitrogens with zero attached hydrogens (tertiary/aromatic N) is 1. The van der Waals surface area contributed by atoms with E-state index >= 15 is 0 Å². The molecule has 1 heterocycles. The molecule has 3 rings (SSSR count). The number of thioether (sulfide) groups is 1. The molecule has 0 aromatic carbocycles. The highest BCUT2D eigenvalue weighted by Gasteiger charge is 2.59. The molecule has 31 heavy (non-hydrogen) atoms. The van der Waals surface area contributed by atoms with E-state index in [9.17, 15) is 27.9 Å². The first-order chi connectivity index (χ1) is 14.5. The van der Waals surface area contributed by atoms with Crippen molar-refractivity contribution in [2.24, 2.45) is 11.3 Å². The predicted octanol–water partition coefficient (Wildman–Crippen LogP) is 5.62. The third kappa shape index (κ3) is 5.78. The zero-order valence-corrected chi connectivity index (χ0v) is 18.6. The lowest BCUT2D eigenvalue weighted by Gasteiger charge is -2.21. The number of aromatic nitrogens is 1. The van der Waals surface area contributed by atoms with Crippen molar-refractivity contribution in [1.82, 2.24) is 4.98 Å². The number of aromatic carboxylic acids is 1. The Labute approximate surface area is 186 Å². The van der Waals surface area contributed by atoms with Gasteiger partial charge in [0, 0.05) is 35.3 Å². The summed E-state index contributed by atoms with van der Waals surface area (Å²) in [6.07, 6.45) is 1.83. The summed E-state index contributed by atoms with van der Waals surface area (Å²) < 4.78 is 38.1. The van der Waals surface area contributed by atoms with Crippen LogP contribution >= 0.6 is 23.1 Å². The maximum Gasteiger partial charge on any atom is 0.355 e. The topological polar surface area (TPSA) is 87.5 Å². The number of Topliss-reactive ketones (excluding diaryl/α,β-unsaturated/α-hetero) is 1. The number of aliphatic hydroxyl groups is 1. The first kappa shape index (κ1) is 24.0. The van der Waals surface area contributed by atoms with Crippen LogP contribution < -0.4 is 0 Å². The Morgan fingerprint density at radius 2 is 2.19 bits per heavy atom. The third-order valence-corrected chi connectivity index (χ3v) is 8.16. The Balaban J connectivity index is 1.54. The molecule has 10 heteroatoms. The van der Waals surface area contributed by atoms with Crippen LogP contribution in [0.5, 0.6) is 0 Å². The molecule has 2 aliphatic carbocycles. The highest BCUT2D eigenvalue weighted by molar-refractivity contribution is 8.01. The Morgan fingerprint density at radius 3 is 2.84 bits per heavy atom. The van der Waals surface area contributed by atoms with Crippen molar-refractivity contribution in [3.8, 4) is 0 Å². The number of allylic oxidation sites excluding steroid dienone is 2. The zero-order chi connectivity index (χ0) is 22.8. The highest BCUT2D eigenvalue weighted by Crippen LogP contribution is 2.65. The van der Waals surface area contributed by atoms with Gasteiger partial charge in [0.25, 0.3) is 0 Å². The summed E-state index contributed by atoms with van der Waals surface area (Å²) in [4.78, 5) is 27.4. The van der Waals surface area contributed by atoms with Crippen LogP contribution in [0.4, 0.5) is 13.2 Å². The van der Waals surface area contributed by atoms with E-state index in [-0.39, 0.29) is 35.7 Å². The largest absolute Gasteiger partial charge is 0.476 e. The molecule has 1 spiro atoms. The molecule has 2 saturated carbocycles. The first-order valence-electron chi connectivity index (χ1n) is 10.00. The van der Waals surface area contributed by atoms with Gasteiger partial charge in [-0.05, 0) is 39.0 Å². The Bertz CT molecular complexity index is 923. The van der Waals surface area contributed by atoms with E-state index in [1.165, 1.54) is 35.4 Å². The van der Waals surface area contributed by atoms with Gasteiger partial charge in [0.2, 0.25) is 0 Å². The van der Waals surface area contributed by atoms with Crippen LogP contribution in [0.1, 0.15) is 62.4 Å². The first-order valence-corrected chi connectivity index (χ1v) is 11.9. The summed E-state index contributed by atoms with van der Waals surface area (Å²) in [5, 5.41) is 20.8. The average Bonchev–Trinajstić information content (AvgIpc) is 3.02. The molecule has 0 saturated heterocycles. The maximum atomic E-state index is 13.0. The van der Waals surface area contributed by atoms with E-state index in [1.807, 2.05) is 6.08 Å². The Kier molecular flexibility index (Phi) is 7.32. The lowest BCUT2D eigenvalue weighted by molar-refractivity contribution is -0.121. The highest BCUT2D eigenvalue weighted by atomic mass is 32.2. The molecule has 170 valence electrons. The second-order valence-electron chi connectivity index (χ2n) is 8.39. The van der Waals surface area contributed by atoms with Crippen LogP contribution in [0.2, 0.25) is 0 Å². The van der Waals surface area contributed by atoms with Crippen molar-refractivity contribution in [3.63, 3.8) is 0 Å². The molecule has 3 atom stereocenters. The number of hydrogen-bond donors (Lipinski definition) is 2. The smallest absolute Gasteiger partial charge is 0.355 e. The fraction of sp³-hybridized carbons (Fsp3) is 0.571. The quantitative estimate of drug-likeness (QED) is 0.337. The summed E-state index contributed by atoms with van der Waals surface area (Å²) >= 11 is 2.70. The molecule has 0 amide bonds. The number of carboxylic acids is 1. The molecule has 1 aromatic rings. The molecular weight excluding hydrogens is 451 g/mol. The standard InChI is InChI=1S/C21H24F3NO4S2/c1-20(29,7-3-14(22)17(23)24)6-2-12-10-21(12)8-4-16(26)13(21)5-9-30-19-25-15(11-31-19)18(27)28/h2,11,13,29H,3-10H2,1H3,(H,27,28)/b12-2+/t13-,20?,21+/m0/s1. The monoisotopic (exact) mass is 475 g/mol. The summed E-state index contributed by atoms with van der Waals surface area (Å²) in [6, 6.07) is 0. The molecule has 1 aromatic heterocycles. The lowest BCUT2D eigenvalue weighted by Crippen LogP contribution is -2.23. The van der Waals surface area contributed by atoms with Gasteiger partial charge in [-0.1, -0.05) is 23.4 Å². The molecule has 0 aliphatic heterocycles. The van der Waals surface area contributed by atoms with Gasteiger partial charge in [-0.2, -0.15) is 8.78 Å². The van der Waals surface area contributed by atoms with E-state index in [4.69, 9.17) is 5.11 Å². The van der Waals surface area contributed by atoms with Gasteiger partial charge in [-0.3, -0.25) is 4.79 Å². The third-order valence-electron chi connectivity index (χ3n) is 6.10. The Morgan fingerprint density at radius 1 is 1.45 bits per heavy atom. The second kappa shape index (κ2) is 9.46. The number of carboxylic acid groups (broad SMARTS) is 1. The molecular formula is C21H24F3NO4S2. The summed E-state index contributed by atoms with van der Waals surface area (Å²) in [5.74, 6) is -1.81. The van der Waals surface area contributed by atoms with E-state index in [0.717, 1.165) is 18.4 Å². The molecule has 1 unspecified atom stereocenters. The fourth-order valence-corrected chi connectivity index (χ4v) is 6.09. The summed E-state index contributed by atoms with van der Waals surface area (Å²) in [6.45, 7) is 1.50. The number of carbonyl (C=O) groups excluding carboxylic acids is 1. The van der Waals surface area contributed by atoms with Gasteiger partial charge in [0.1, 0.15) is 5.78 Å². The van der Waals surface area contributed by atoms with E-state index in [2.05, 4.69) is 4.98 Å². The predicted molar refractivity (Wildman–Crippen MR) is 112 cm³/mol. The summed E-state index contributed by atoms with van der Waals surface area (Å²) in [7, 11) is 0. The van der Waals surface area contributed by atoms with Crippen molar-refractivity contribution in [2.45, 2.75) is 61.8 Å². The minimum absolute atomic E-state index is 0.0185. The number of thiazole rings is 1. The number of ketones is 1. The van der Waals surface area contributed by atoms with Crippen LogP contribution in [0.15, 0.2) is 33.3 Å². The minimum Gasteiger partial charge on any atom is -0.476 e. The molecule has 0 radical (unpaired) electrons. The Hall–Kier alpha value is -1.65. The normalized spacial score (nSPS) is 25.8. The molecule has 2 N–H and O–H groups in total. The summed E-state index contributed by atoms with van der Waals surface area (Å²) in [5.41, 5.74) is -0.364. The molecule has 5 nitrogen and oxygen atoms in total. The number of halogens is 3. The van der Waals surface area contributed by atoms with Crippen LogP contribution in [0, 0.1) is 11.3 Å². The van der Waals surface area contributed by atoms with Crippen LogP contribution in [0.3, 0.4) is 0 Å². The molecule has 2 fully saturated rings. The van der Waals surface area contributed by atoms with Crippen LogP contribution in [0.25, 0.3) is 0 Å². The van der Waals surface area contributed by atoms with Crippen LogP contribution in [-0.2, 0) is 4.79 Å². The van der Waals surface area contributed by atoms with Gasteiger partial charge in [-0.15, -0.1) is 11.3 Å². The second-order valence-corrected chi connectivity index (χ2v) is 10.6. The average molecular weight is 476 g/mol. The van der Waals surface area contributed by atoms with Gasteiger partial charge >= 0.3 is 12.0 Å². The van der Waals surface area contributed by atoms with Gasteiger partial charge in [0.15, 0.2) is 15.9 Å². The minimum atomic E-state index is -2.35. The molecule has 0 bridgehead atoms. The zero-order valence-electron chi connectivity index (χ0n) is 17.0. The van der Waals surface area contributed by atoms with E-state index < -0.39 is 29.9 Å². The number of rotatable bonds is 10. The van der Waals surface area contributed by atoms with Crippen molar-refractivity contribution >= 4 is 34.9 Å². The fourth-order valence-electron chi connectivity index (χ4n) is 4.21. The van der Waals surface area contributed by atoms with Crippen LogP contribution in [-0.4, -0.2) is 38.3 Å². The van der Waals surface area contributed by atoms with Crippen molar-refractivity contribution < 1.29 is 33.0 Å². The van der Waals surface area contributed by atoms with Gasteiger partial charge in [0.05, 0.1) is 5.60 Å². The number of carbonyl (C=O) groups is 2. The van der Waals surface area contributed by atoms with Gasteiger partial charge < -0.3 is 10.2 Å². The van der Waals surface area contributed by atoms with Crippen molar-refractivity contribution in [2.75, 3.05) is 5.75 Å². The number of hydrogen-bond acceptors (Lipinski definition) is 6. The maximum absolute atomic E-state index is 13.0. The van der Waals surface area contributed by atoms with E-state index in [1.54, 1.807) is 0 Å². The van der Waals surface area contributed by atoms with Crippen molar-refractivity contribution in [1.29, 1.82) is 0 Å². The van der Waals surface area contributed by atoms with E-state index in [0.29, 0.717) is 22.9 Å². The lowest BCUT2D eigenvalue weighted by atomic mass is 9.88.